The molecule has 0 unspecified atom stereocenters. The molecule has 296 valence electrons. The van der Waals surface area contributed by atoms with Crippen LogP contribution in [0.4, 0.5) is 0 Å². The van der Waals surface area contributed by atoms with Crippen LogP contribution in [-0.2, 0) is 40.0 Å². The highest BCUT2D eigenvalue weighted by atomic mass is 16.4. The Bertz CT molecular complexity index is 1390. The average molecular weight is 748 g/mol. The number of rotatable bonds is 17. The zero-order valence-corrected chi connectivity index (χ0v) is 30.5. The number of benzene rings is 1. The number of carboxylic acids is 1. The molecule has 0 saturated carbocycles. The molecule has 1 aliphatic heterocycles. The number of phenolic OH excluding ortho intramolecular Hbond substituents is 1. The van der Waals surface area contributed by atoms with Gasteiger partial charge in [0.15, 0.2) is 0 Å². The Kier molecular flexibility index (Phi) is 19.2. The molecular weight excluding hydrogens is 690 g/mol. The van der Waals surface area contributed by atoms with Crippen molar-refractivity contribution in [2.45, 2.75) is 114 Å². The first-order valence-corrected chi connectivity index (χ1v) is 18.1. The molecule has 2 rings (SSSR count). The summed E-state index contributed by atoms with van der Waals surface area (Å²) in [5, 5.41) is 35.0. The minimum absolute atomic E-state index is 0.0332. The number of carboxylic acid groups (broad SMARTS) is 1. The van der Waals surface area contributed by atoms with Crippen molar-refractivity contribution < 1.29 is 43.8 Å². The summed E-state index contributed by atoms with van der Waals surface area (Å²) >= 11 is 0. The van der Waals surface area contributed by atoms with E-state index in [1.807, 2.05) is 0 Å². The Morgan fingerprint density at radius 2 is 1.40 bits per heavy atom. The number of unbranched alkanes of at least 4 members (excludes halogenated alkanes) is 2. The largest absolute Gasteiger partial charge is 0.508 e. The van der Waals surface area contributed by atoms with E-state index >= 15 is 0 Å². The van der Waals surface area contributed by atoms with Crippen molar-refractivity contribution in [3.05, 3.63) is 29.8 Å². The van der Waals surface area contributed by atoms with Crippen molar-refractivity contribution in [2.24, 2.45) is 23.1 Å². The van der Waals surface area contributed by atoms with Crippen LogP contribution < -0.4 is 49.1 Å². The van der Waals surface area contributed by atoms with Gasteiger partial charge in [-0.3, -0.25) is 28.8 Å². The Hall–Kier alpha value is -4.81. The number of hydrogen-bond acceptors (Lipinski definition) is 11. The van der Waals surface area contributed by atoms with Gasteiger partial charge in [0.05, 0.1) is 0 Å². The summed E-state index contributed by atoms with van der Waals surface area (Å²) in [5.74, 6) is -5.72. The van der Waals surface area contributed by atoms with Crippen molar-refractivity contribution in [3.8, 4) is 5.75 Å². The molecule has 0 spiro atoms. The summed E-state index contributed by atoms with van der Waals surface area (Å²) in [4.78, 5) is 92.5. The molecule has 18 heteroatoms. The highest BCUT2D eigenvalue weighted by molar-refractivity contribution is 5.96. The first kappa shape index (κ1) is 44.4. The van der Waals surface area contributed by atoms with Gasteiger partial charge >= 0.3 is 5.97 Å². The SMILES string of the molecule is CC(C)C[C@H](NC(=O)[C@H](Cc1ccc(O)cc1)NC(=O)[C@@H]1CCC(=O)NC[C@H](N)C(=O)N[C@@H](CCCCN)C(=O)N[C@@H](CCCCN)C(=O)N1)C(=O)O. The van der Waals surface area contributed by atoms with Gasteiger partial charge in [0.1, 0.15) is 42.0 Å². The Labute approximate surface area is 309 Å². The summed E-state index contributed by atoms with van der Waals surface area (Å²) in [7, 11) is 0. The van der Waals surface area contributed by atoms with Gasteiger partial charge in [0.25, 0.3) is 0 Å². The normalized spacial score (nSPS) is 21.5. The fourth-order valence-corrected chi connectivity index (χ4v) is 5.61. The van der Waals surface area contributed by atoms with E-state index in [1.165, 1.54) is 24.3 Å². The molecule has 0 bridgehead atoms. The molecule has 1 aliphatic rings. The summed E-state index contributed by atoms with van der Waals surface area (Å²) in [6, 6.07) is -1.61. The van der Waals surface area contributed by atoms with Crippen LogP contribution in [0.15, 0.2) is 24.3 Å². The van der Waals surface area contributed by atoms with Crippen molar-refractivity contribution in [1.82, 2.24) is 31.9 Å². The van der Waals surface area contributed by atoms with Crippen molar-refractivity contribution in [1.29, 1.82) is 0 Å². The van der Waals surface area contributed by atoms with Gasteiger partial charge < -0.3 is 59.3 Å². The zero-order valence-electron chi connectivity index (χ0n) is 30.5. The molecule has 18 nitrogen and oxygen atoms in total. The van der Waals surface area contributed by atoms with E-state index in [1.54, 1.807) is 13.8 Å². The van der Waals surface area contributed by atoms with Gasteiger partial charge in [0, 0.05) is 19.4 Å². The van der Waals surface area contributed by atoms with Crippen LogP contribution in [0.25, 0.3) is 0 Å². The van der Waals surface area contributed by atoms with E-state index in [4.69, 9.17) is 17.2 Å². The van der Waals surface area contributed by atoms with E-state index in [-0.39, 0.29) is 56.7 Å². The molecular formula is C35H57N9O9. The number of aromatic hydroxyl groups is 1. The second kappa shape index (κ2) is 23.0. The van der Waals surface area contributed by atoms with E-state index in [0.29, 0.717) is 44.3 Å². The average Bonchev–Trinajstić information content (AvgIpc) is 3.11. The summed E-state index contributed by atoms with van der Waals surface area (Å²) in [6.07, 6.45) is 1.77. The number of nitrogens with two attached hydrogens (primary N) is 3. The number of amides is 6. The van der Waals surface area contributed by atoms with Gasteiger partial charge in [-0.1, -0.05) is 26.0 Å². The fourth-order valence-electron chi connectivity index (χ4n) is 5.61. The van der Waals surface area contributed by atoms with Crippen LogP contribution >= 0.6 is 0 Å². The number of carbonyl (C=O) groups is 7. The molecule has 1 heterocycles. The second-order valence-electron chi connectivity index (χ2n) is 13.7. The van der Waals surface area contributed by atoms with Gasteiger partial charge in [-0.05, 0) is 88.1 Å². The molecule has 1 fully saturated rings. The highest BCUT2D eigenvalue weighted by Crippen LogP contribution is 2.14. The summed E-state index contributed by atoms with van der Waals surface area (Å²) < 4.78 is 0. The lowest BCUT2D eigenvalue weighted by atomic mass is 10.0. The third-order valence-electron chi connectivity index (χ3n) is 8.64. The lowest BCUT2D eigenvalue weighted by molar-refractivity contribution is -0.142. The molecule has 6 atom stereocenters. The van der Waals surface area contributed by atoms with Gasteiger partial charge in [0.2, 0.25) is 35.4 Å². The first-order valence-electron chi connectivity index (χ1n) is 18.1. The standard InChI is InChI=1S/C35H57N9O9/c1-20(2)17-28(35(52)53)44-34(51)27(18-21-9-11-22(45)12-10-21)43-33(50)26-13-14-29(46)39-19-23(38)30(47)40-24(7-3-5-15-36)31(48)41-25(32(49)42-26)8-4-6-16-37/h9-12,20,23-28,45H,3-8,13-19,36-38H2,1-2H3,(H,39,46)(H,40,47)(H,41,48)(H,42,49)(H,43,50)(H,44,51)(H,52,53)/t23-,24-,25-,26-,27-,28-/m0/s1. The predicted molar refractivity (Wildman–Crippen MR) is 195 cm³/mol. The first-order chi connectivity index (χ1) is 25.1. The van der Waals surface area contributed by atoms with Crippen LogP contribution in [0.5, 0.6) is 5.75 Å². The van der Waals surface area contributed by atoms with Crippen LogP contribution in [0, 0.1) is 5.92 Å². The van der Waals surface area contributed by atoms with Crippen molar-refractivity contribution >= 4 is 41.4 Å². The fraction of sp³-hybridized carbons (Fsp3) is 0.629. The molecule has 0 radical (unpaired) electrons. The maximum Gasteiger partial charge on any atom is 0.326 e. The third kappa shape index (κ3) is 16.2. The maximum atomic E-state index is 13.9. The molecule has 14 N–H and O–H groups in total. The van der Waals surface area contributed by atoms with E-state index in [0.717, 1.165) is 0 Å². The Morgan fingerprint density at radius 3 is 1.94 bits per heavy atom. The van der Waals surface area contributed by atoms with E-state index in [2.05, 4.69) is 31.9 Å². The molecule has 53 heavy (non-hydrogen) atoms. The highest BCUT2D eigenvalue weighted by Gasteiger charge is 2.33. The second-order valence-corrected chi connectivity index (χ2v) is 13.7. The van der Waals surface area contributed by atoms with Crippen LogP contribution in [0.2, 0.25) is 0 Å². The summed E-state index contributed by atoms with van der Waals surface area (Å²) in [5.41, 5.74) is 17.8. The molecule has 6 amide bonds. The zero-order chi connectivity index (χ0) is 39.5. The minimum atomic E-state index is -1.40. The smallest absolute Gasteiger partial charge is 0.326 e. The third-order valence-corrected chi connectivity index (χ3v) is 8.64. The van der Waals surface area contributed by atoms with Crippen LogP contribution in [0.3, 0.4) is 0 Å². The minimum Gasteiger partial charge on any atom is -0.508 e. The lowest BCUT2D eigenvalue weighted by Gasteiger charge is -2.27. The van der Waals surface area contributed by atoms with E-state index < -0.39 is 77.7 Å². The van der Waals surface area contributed by atoms with Crippen molar-refractivity contribution in [3.63, 3.8) is 0 Å². The number of phenols is 1. The van der Waals surface area contributed by atoms with Gasteiger partial charge in [-0.2, -0.15) is 0 Å². The Balaban J connectivity index is 2.46. The van der Waals surface area contributed by atoms with Crippen LogP contribution in [-0.4, -0.2) is 108 Å². The number of aliphatic carboxylic acids is 1. The van der Waals surface area contributed by atoms with Crippen molar-refractivity contribution in [2.75, 3.05) is 19.6 Å². The van der Waals surface area contributed by atoms with Gasteiger partial charge in [-0.15, -0.1) is 0 Å². The Morgan fingerprint density at radius 1 is 0.830 bits per heavy atom. The molecule has 1 saturated heterocycles. The van der Waals surface area contributed by atoms with Crippen LogP contribution in [0.1, 0.15) is 77.2 Å². The number of nitrogens with one attached hydrogen (secondary N) is 6. The topological polar surface area (TPSA) is 310 Å². The molecule has 1 aromatic rings. The quantitative estimate of drug-likeness (QED) is 0.0770. The monoisotopic (exact) mass is 747 g/mol. The van der Waals surface area contributed by atoms with E-state index in [9.17, 15) is 43.8 Å². The molecule has 1 aromatic carbocycles. The lowest BCUT2D eigenvalue weighted by Crippen LogP contribution is -2.59. The predicted octanol–water partition coefficient (Wildman–Crippen LogP) is -2.02. The summed E-state index contributed by atoms with van der Waals surface area (Å²) in [6.45, 7) is 3.99. The number of carbonyl (C=O) groups excluding carboxylic acids is 6. The van der Waals surface area contributed by atoms with Gasteiger partial charge in [-0.25, -0.2) is 4.79 Å². The maximum absolute atomic E-state index is 13.9. The number of hydrogen-bond donors (Lipinski definition) is 11. The molecule has 0 aliphatic carbocycles. The molecule has 0 aromatic heterocycles.